The average Bonchev–Trinajstić information content (AvgIpc) is 2.28. The Labute approximate surface area is 98.7 Å². The summed E-state index contributed by atoms with van der Waals surface area (Å²) in [5.74, 6) is 0.299. The van der Waals surface area contributed by atoms with Gasteiger partial charge in [-0.1, -0.05) is 6.07 Å². The number of benzene rings is 1. The van der Waals surface area contributed by atoms with Gasteiger partial charge in [0.05, 0.1) is 0 Å². The van der Waals surface area contributed by atoms with E-state index >= 15 is 0 Å². The maximum Gasteiger partial charge on any atom is 0.389 e. The molecule has 0 aromatic heterocycles. The zero-order valence-corrected chi connectivity index (χ0v) is 8.99. The van der Waals surface area contributed by atoms with E-state index in [1.54, 1.807) is 0 Å². The van der Waals surface area contributed by atoms with E-state index in [4.69, 9.17) is 5.84 Å². The number of nitrogens with one attached hydrogen (secondary N) is 1. The van der Waals surface area contributed by atoms with Crippen molar-refractivity contribution in [3.05, 3.63) is 35.1 Å². The first-order chi connectivity index (χ1) is 8.26. The van der Waals surface area contributed by atoms with E-state index in [1.807, 2.05) is 5.43 Å². The highest BCUT2D eigenvalue weighted by Gasteiger charge is 2.29. The van der Waals surface area contributed by atoms with E-state index in [9.17, 15) is 26.3 Å². The van der Waals surface area contributed by atoms with Crippen LogP contribution in [0.1, 0.15) is 24.4 Å². The highest BCUT2D eigenvalue weighted by molar-refractivity contribution is 5.23. The number of rotatable bonds is 4. The molecule has 0 aliphatic rings. The molecule has 102 valence electrons. The minimum absolute atomic E-state index is 0.444. The van der Waals surface area contributed by atoms with Gasteiger partial charge in [0.2, 0.25) is 0 Å². The monoisotopic (exact) mass is 272 g/mol. The van der Waals surface area contributed by atoms with Crippen LogP contribution >= 0.6 is 0 Å². The van der Waals surface area contributed by atoms with Crippen molar-refractivity contribution < 1.29 is 26.3 Å². The summed E-state index contributed by atoms with van der Waals surface area (Å²) in [6, 6.07) is 0.238. The van der Waals surface area contributed by atoms with Crippen LogP contribution in [0.25, 0.3) is 0 Å². The zero-order chi connectivity index (χ0) is 13.9. The highest BCUT2D eigenvalue weighted by Crippen LogP contribution is 2.29. The van der Waals surface area contributed by atoms with Gasteiger partial charge in [-0.3, -0.25) is 11.3 Å². The normalized spacial score (nSPS) is 13.7. The molecule has 2 nitrogen and oxygen atoms in total. The summed E-state index contributed by atoms with van der Waals surface area (Å²) in [6.07, 6.45) is -6.24. The summed E-state index contributed by atoms with van der Waals surface area (Å²) in [6.45, 7) is 0. The molecule has 1 aromatic rings. The van der Waals surface area contributed by atoms with Gasteiger partial charge >= 0.3 is 6.18 Å². The molecule has 0 aliphatic carbocycles. The molecule has 1 rings (SSSR count). The standard InChI is InChI=1S/C10H10F6N2/c11-6-2-1-5(8(12)9(6)13)7(18-17)3-4-10(14,15)16/h1-2,7,18H,3-4,17H2. The second-order valence-electron chi connectivity index (χ2n) is 3.64. The fraction of sp³-hybridized carbons (Fsp3) is 0.400. The van der Waals surface area contributed by atoms with Crippen LogP contribution in [0.3, 0.4) is 0 Å². The molecule has 0 spiro atoms. The van der Waals surface area contributed by atoms with Crippen LogP contribution in [0.4, 0.5) is 26.3 Å². The Bertz CT molecular complexity index is 418. The number of hydrogen-bond acceptors (Lipinski definition) is 2. The lowest BCUT2D eigenvalue weighted by atomic mass is 10.0. The van der Waals surface area contributed by atoms with Crippen molar-refractivity contribution in [2.45, 2.75) is 25.1 Å². The molecule has 1 atom stereocenters. The van der Waals surface area contributed by atoms with Crippen LogP contribution < -0.4 is 11.3 Å². The fourth-order valence-electron chi connectivity index (χ4n) is 1.45. The summed E-state index contributed by atoms with van der Waals surface area (Å²) < 4.78 is 75.0. The maximum absolute atomic E-state index is 13.3. The summed E-state index contributed by atoms with van der Waals surface area (Å²) >= 11 is 0. The van der Waals surface area contributed by atoms with E-state index in [2.05, 4.69) is 0 Å². The predicted molar refractivity (Wildman–Crippen MR) is 51.7 cm³/mol. The molecular weight excluding hydrogens is 262 g/mol. The summed E-state index contributed by atoms with van der Waals surface area (Å²) in [4.78, 5) is 0. The third-order valence-corrected chi connectivity index (χ3v) is 2.36. The molecule has 1 aromatic carbocycles. The first-order valence-corrected chi connectivity index (χ1v) is 4.92. The van der Waals surface area contributed by atoms with Crippen LogP contribution in [-0.2, 0) is 0 Å². The van der Waals surface area contributed by atoms with Crippen LogP contribution in [-0.4, -0.2) is 6.18 Å². The van der Waals surface area contributed by atoms with Gasteiger partial charge in [-0.2, -0.15) is 13.2 Å². The lowest BCUT2D eigenvalue weighted by molar-refractivity contribution is -0.136. The van der Waals surface area contributed by atoms with Crippen LogP contribution in [0.15, 0.2) is 12.1 Å². The topological polar surface area (TPSA) is 38.0 Å². The Hall–Kier alpha value is -1.28. The average molecular weight is 272 g/mol. The molecule has 0 fully saturated rings. The number of hydrazine groups is 1. The summed E-state index contributed by atoms with van der Waals surface area (Å²) in [5, 5.41) is 0. The van der Waals surface area contributed by atoms with E-state index < -0.39 is 48.1 Å². The molecular formula is C10H10F6N2. The number of alkyl halides is 3. The zero-order valence-electron chi connectivity index (χ0n) is 8.99. The number of halogens is 6. The summed E-state index contributed by atoms with van der Waals surface area (Å²) in [5.41, 5.74) is 1.51. The third kappa shape index (κ3) is 3.61. The van der Waals surface area contributed by atoms with Crippen molar-refractivity contribution in [3.8, 4) is 0 Å². The third-order valence-electron chi connectivity index (χ3n) is 2.36. The van der Waals surface area contributed by atoms with Crippen LogP contribution in [0.5, 0.6) is 0 Å². The van der Waals surface area contributed by atoms with Gasteiger partial charge < -0.3 is 0 Å². The lowest BCUT2D eigenvalue weighted by Gasteiger charge is -2.18. The molecule has 8 heteroatoms. The molecule has 3 N–H and O–H groups in total. The molecule has 0 amide bonds. The Balaban J connectivity index is 2.92. The summed E-state index contributed by atoms with van der Waals surface area (Å²) in [7, 11) is 0. The minimum atomic E-state index is -4.44. The fourth-order valence-corrected chi connectivity index (χ4v) is 1.45. The molecule has 0 bridgehead atoms. The predicted octanol–water partition coefficient (Wildman–Crippen LogP) is 2.95. The van der Waals surface area contributed by atoms with Crippen LogP contribution in [0.2, 0.25) is 0 Å². The van der Waals surface area contributed by atoms with E-state index in [0.717, 1.165) is 6.07 Å². The minimum Gasteiger partial charge on any atom is -0.271 e. The largest absolute Gasteiger partial charge is 0.389 e. The Morgan fingerprint density at radius 3 is 2.22 bits per heavy atom. The van der Waals surface area contributed by atoms with Crippen molar-refractivity contribution in [2.75, 3.05) is 0 Å². The molecule has 0 aliphatic heterocycles. The maximum atomic E-state index is 13.3. The smallest absolute Gasteiger partial charge is 0.271 e. The van der Waals surface area contributed by atoms with Gasteiger partial charge in [0, 0.05) is 18.0 Å². The van der Waals surface area contributed by atoms with Crippen molar-refractivity contribution >= 4 is 0 Å². The number of hydrogen-bond donors (Lipinski definition) is 2. The Kier molecular flexibility index (Phi) is 4.58. The van der Waals surface area contributed by atoms with E-state index in [1.165, 1.54) is 0 Å². The number of nitrogens with two attached hydrogens (primary N) is 1. The molecule has 0 saturated carbocycles. The lowest BCUT2D eigenvalue weighted by Crippen LogP contribution is -2.30. The Morgan fingerprint density at radius 1 is 1.11 bits per heavy atom. The second kappa shape index (κ2) is 5.57. The second-order valence-corrected chi connectivity index (χ2v) is 3.64. The first kappa shape index (κ1) is 14.8. The molecule has 0 saturated heterocycles. The molecule has 0 heterocycles. The molecule has 1 unspecified atom stereocenters. The van der Waals surface area contributed by atoms with Gasteiger partial charge in [-0.05, 0) is 12.5 Å². The van der Waals surface area contributed by atoms with E-state index in [-0.39, 0.29) is 0 Å². The van der Waals surface area contributed by atoms with Crippen LogP contribution in [0, 0.1) is 17.5 Å². The van der Waals surface area contributed by atoms with Crippen molar-refractivity contribution in [1.82, 2.24) is 5.43 Å². The molecule has 18 heavy (non-hydrogen) atoms. The first-order valence-electron chi connectivity index (χ1n) is 4.92. The van der Waals surface area contributed by atoms with Gasteiger partial charge in [0.25, 0.3) is 0 Å². The van der Waals surface area contributed by atoms with E-state index in [0.29, 0.717) is 6.07 Å². The molecule has 0 radical (unpaired) electrons. The Morgan fingerprint density at radius 2 is 1.72 bits per heavy atom. The van der Waals surface area contributed by atoms with Crippen molar-refractivity contribution in [1.29, 1.82) is 0 Å². The van der Waals surface area contributed by atoms with Gasteiger partial charge in [0.15, 0.2) is 17.5 Å². The SMILES string of the molecule is NNC(CCC(F)(F)F)c1ccc(F)c(F)c1F. The quantitative estimate of drug-likeness (QED) is 0.383. The highest BCUT2D eigenvalue weighted by atomic mass is 19.4. The van der Waals surface area contributed by atoms with Crippen molar-refractivity contribution in [3.63, 3.8) is 0 Å². The van der Waals surface area contributed by atoms with Gasteiger partial charge in [0.1, 0.15) is 0 Å². The van der Waals surface area contributed by atoms with Gasteiger partial charge in [-0.15, -0.1) is 0 Å². The van der Waals surface area contributed by atoms with Crippen molar-refractivity contribution in [2.24, 2.45) is 5.84 Å². The van der Waals surface area contributed by atoms with Gasteiger partial charge in [-0.25, -0.2) is 13.2 Å².